The summed E-state index contributed by atoms with van der Waals surface area (Å²) in [6.45, 7) is 3.52. The van der Waals surface area contributed by atoms with Gasteiger partial charge in [0.05, 0.1) is 5.92 Å². The first kappa shape index (κ1) is 14.2. The van der Waals surface area contributed by atoms with Crippen molar-refractivity contribution in [3.63, 3.8) is 0 Å². The van der Waals surface area contributed by atoms with E-state index in [1.165, 1.54) is 32.1 Å². The Kier molecular flexibility index (Phi) is 4.66. The zero-order chi connectivity index (χ0) is 13.8. The standard InChI is InChI=1S/C14H24N2O3/c1-10-8-16(9-12(10)13(17)18)14(19)15-7-11-5-3-2-4-6-11/h10-12H,2-9H2,1H3,(H,15,19)(H,17,18)/t10-,12-/m1/s1. The number of carboxylic acids is 1. The van der Waals surface area contributed by atoms with E-state index in [0.717, 1.165) is 6.54 Å². The molecule has 1 aliphatic carbocycles. The van der Waals surface area contributed by atoms with Gasteiger partial charge in [-0.3, -0.25) is 4.79 Å². The molecule has 2 aliphatic rings. The minimum atomic E-state index is -0.796. The second-order valence-electron chi connectivity index (χ2n) is 6.02. The second-order valence-corrected chi connectivity index (χ2v) is 6.02. The van der Waals surface area contributed by atoms with Crippen LogP contribution in [0, 0.1) is 17.8 Å². The Labute approximate surface area is 114 Å². The third-order valence-corrected chi connectivity index (χ3v) is 4.48. The molecule has 5 nitrogen and oxygen atoms in total. The molecule has 108 valence electrons. The van der Waals surface area contributed by atoms with E-state index in [2.05, 4.69) is 5.32 Å². The lowest BCUT2D eigenvalue weighted by Gasteiger charge is -2.23. The number of carbonyl (C=O) groups is 2. The zero-order valence-electron chi connectivity index (χ0n) is 11.6. The number of nitrogens with one attached hydrogen (secondary N) is 1. The van der Waals surface area contributed by atoms with Crippen molar-refractivity contribution in [1.82, 2.24) is 10.2 Å². The maximum Gasteiger partial charge on any atom is 0.317 e. The molecular formula is C14H24N2O3. The minimum absolute atomic E-state index is 0.0398. The van der Waals surface area contributed by atoms with Crippen molar-refractivity contribution in [3.8, 4) is 0 Å². The third kappa shape index (κ3) is 3.61. The topological polar surface area (TPSA) is 69.6 Å². The van der Waals surface area contributed by atoms with Gasteiger partial charge in [-0.05, 0) is 24.7 Å². The van der Waals surface area contributed by atoms with E-state index in [9.17, 15) is 9.59 Å². The van der Waals surface area contributed by atoms with E-state index in [-0.39, 0.29) is 11.9 Å². The lowest BCUT2D eigenvalue weighted by molar-refractivity contribution is -0.142. The average Bonchev–Trinajstić information content (AvgIpc) is 2.79. The molecule has 0 aromatic carbocycles. The van der Waals surface area contributed by atoms with Gasteiger partial charge < -0.3 is 15.3 Å². The molecule has 2 fully saturated rings. The molecule has 2 N–H and O–H groups in total. The summed E-state index contributed by atoms with van der Waals surface area (Å²) in [5, 5.41) is 12.0. The van der Waals surface area contributed by atoms with Crippen LogP contribution < -0.4 is 5.32 Å². The van der Waals surface area contributed by atoms with Gasteiger partial charge in [0.25, 0.3) is 0 Å². The summed E-state index contributed by atoms with van der Waals surface area (Å²) in [5.74, 6) is -0.568. The second kappa shape index (κ2) is 6.26. The van der Waals surface area contributed by atoms with Crippen LogP contribution in [0.25, 0.3) is 0 Å². The monoisotopic (exact) mass is 268 g/mol. The molecule has 1 aliphatic heterocycles. The summed E-state index contributed by atoms with van der Waals surface area (Å²) >= 11 is 0. The number of hydrogen-bond acceptors (Lipinski definition) is 2. The first-order valence-corrected chi connectivity index (χ1v) is 7.33. The lowest BCUT2D eigenvalue weighted by Crippen LogP contribution is -2.41. The zero-order valence-corrected chi connectivity index (χ0v) is 11.6. The van der Waals surface area contributed by atoms with Crippen LogP contribution in [0.15, 0.2) is 0 Å². The number of rotatable bonds is 3. The number of aliphatic carboxylic acids is 1. The average molecular weight is 268 g/mol. The van der Waals surface area contributed by atoms with Crippen LogP contribution in [0.1, 0.15) is 39.0 Å². The quantitative estimate of drug-likeness (QED) is 0.821. The minimum Gasteiger partial charge on any atom is -0.481 e. The van der Waals surface area contributed by atoms with Gasteiger partial charge in [0.2, 0.25) is 0 Å². The summed E-state index contributed by atoms with van der Waals surface area (Å²) in [4.78, 5) is 24.7. The molecular weight excluding hydrogens is 244 g/mol. The maximum absolute atomic E-state index is 12.0. The van der Waals surface area contributed by atoms with Gasteiger partial charge in [0.1, 0.15) is 0 Å². The fraction of sp³-hybridized carbons (Fsp3) is 0.857. The highest BCUT2D eigenvalue weighted by Crippen LogP contribution is 2.24. The first-order valence-electron chi connectivity index (χ1n) is 7.33. The number of hydrogen-bond donors (Lipinski definition) is 2. The Morgan fingerprint density at radius 2 is 1.89 bits per heavy atom. The van der Waals surface area contributed by atoms with Gasteiger partial charge in [0, 0.05) is 19.6 Å². The summed E-state index contributed by atoms with van der Waals surface area (Å²) in [6.07, 6.45) is 6.25. The van der Waals surface area contributed by atoms with Crippen molar-refractivity contribution >= 4 is 12.0 Å². The summed E-state index contributed by atoms with van der Waals surface area (Å²) in [6, 6.07) is -0.0961. The van der Waals surface area contributed by atoms with Crippen LogP contribution in [-0.2, 0) is 4.79 Å². The molecule has 0 aromatic rings. The van der Waals surface area contributed by atoms with Crippen LogP contribution in [0.4, 0.5) is 4.79 Å². The van der Waals surface area contributed by atoms with Crippen molar-refractivity contribution < 1.29 is 14.7 Å². The molecule has 2 rings (SSSR count). The predicted octanol–water partition coefficient (Wildman–Crippen LogP) is 1.93. The van der Waals surface area contributed by atoms with Crippen LogP contribution >= 0.6 is 0 Å². The SMILES string of the molecule is C[C@@H]1CN(C(=O)NCC2CCCCC2)C[C@H]1C(=O)O. The van der Waals surface area contributed by atoms with Crippen molar-refractivity contribution in [2.24, 2.45) is 17.8 Å². The van der Waals surface area contributed by atoms with Gasteiger partial charge >= 0.3 is 12.0 Å². The van der Waals surface area contributed by atoms with Gasteiger partial charge in [-0.15, -0.1) is 0 Å². The van der Waals surface area contributed by atoms with E-state index >= 15 is 0 Å². The van der Waals surface area contributed by atoms with E-state index in [0.29, 0.717) is 19.0 Å². The first-order chi connectivity index (χ1) is 9.08. The Bertz CT molecular complexity index is 340. The fourth-order valence-corrected chi connectivity index (χ4v) is 3.19. The van der Waals surface area contributed by atoms with Crippen molar-refractivity contribution in [2.45, 2.75) is 39.0 Å². The van der Waals surface area contributed by atoms with Crippen molar-refractivity contribution in [3.05, 3.63) is 0 Å². The third-order valence-electron chi connectivity index (χ3n) is 4.48. The number of amides is 2. The van der Waals surface area contributed by atoms with Crippen LogP contribution in [-0.4, -0.2) is 41.6 Å². The van der Waals surface area contributed by atoms with Crippen LogP contribution in [0.2, 0.25) is 0 Å². The van der Waals surface area contributed by atoms with Crippen LogP contribution in [0.5, 0.6) is 0 Å². The molecule has 19 heavy (non-hydrogen) atoms. The van der Waals surface area contributed by atoms with Gasteiger partial charge in [-0.25, -0.2) is 4.79 Å². The molecule has 1 saturated carbocycles. The molecule has 1 saturated heterocycles. The van der Waals surface area contributed by atoms with Crippen molar-refractivity contribution in [1.29, 1.82) is 0 Å². The molecule has 0 aromatic heterocycles. The molecule has 1 heterocycles. The Hall–Kier alpha value is -1.26. The molecule has 2 amide bonds. The van der Waals surface area contributed by atoms with Gasteiger partial charge in [-0.2, -0.15) is 0 Å². The number of carbonyl (C=O) groups excluding carboxylic acids is 1. The van der Waals surface area contributed by atoms with Gasteiger partial charge in [0.15, 0.2) is 0 Å². The number of carboxylic acid groups (broad SMARTS) is 1. The molecule has 0 spiro atoms. The van der Waals surface area contributed by atoms with Gasteiger partial charge in [-0.1, -0.05) is 26.2 Å². The molecule has 0 bridgehead atoms. The fourth-order valence-electron chi connectivity index (χ4n) is 3.19. The van der Waals surface area contributed by atoms with E-state index < -0.39 is 11.9 Å². The molecule has 2 atom stereocenters. The van der Waals surface area contributed by atoms with E-state index in [4.69, 9.17) is 5.11 Å². The van der Waals surface area contributed by atoms with E-state index in [1.807, 2.05) is 6.92 Å². The highest BCUT2D eigenvalue weighted by atomic mass is 16.4. The number of likely N-dealkylation sites (tertiary alicyclic amines) is 1. The summed E-state index contributed by atoms with van der Waals surface area (Å²) < 4.78 is 0. The predicted molar refractivity (Wildman–Crippen MR) is 71.8 cm³/mol. The molecule has 0 radical (unpaired) electrons. The maximum atomic E-state index is 12.0. The van der Waals surface area contributed by atoms with Crippen LogP contribution in [0.3, 0.4) is 0 Å². The Morgan fingerprint density at radius 1 is 1.21 bits per heavy atom. The highest BCUT2D eigenvalue weighted by molar-refractivity contribution is 5.77. The van der Waals surface area contributed by atoms with Crippen molar-refractivity contribution in [2.75, 3.05) is 19.6 Å². The highest BCUT2D eigenvalue weighted by Gasteiger charge is 2.36. The lowest BCUT2D eigenvalue weighted by atomic mass is 9.89. The Balaban J connectivity index is 1.76. The van der Waals surface area contributed by atoms with E-state index in [1.54, 1.807) is 4.90 Å². The number of nitrogens with zero attached hydrogens (tertiary/aromatic N) is 1. The molecule has 5 heteroatoms. The smallest absolute Gasteiger partial charge is 0.317 e. The largest absolute Gasteiger partial charge is 0.481 e. The summed E-state index contributed by atoms with van der Waals surface area (Å²) in [7, 11) is 0. The number of urea groups is 1. The molecule has 0 unspecified atom stereocenters. The summed E-state index contributed by atoms with van der Waals surface area (Å²) in [5.41, 5.74) is 0. The Morgan fingerprint density at radius 3 is 2.47 bits per heavy atom. The normalized spacial score (nSPS) is 28.4.